The molecule has 2 fully saturated rings. The molecule has 2 aliphatic rings. The van der Waals surface area contributed by atoms with Gasteiger partial charge in [-0.15, -0.1) is 0 Å². The molecule has 0 spiro atoms. The quantitative estimate of drug-likeness (QED) is 0.650. The van der Waals surface area contributed by atoms with Crippen molar-refractivity contribution in [2.24, 2.45) is 11.7 Å². The summed E-state index contributed by atoms with van der Waals surface area (Å²) in [5.41, 5.74) is 5.97. The Kier molecular flexibility index (Phi) is 4.18. The van der Waals surface area contributed by atoms with E-state index in [-0.39, 0.29) is 11.9 Å². The van der Waals surface area contributed by atoms with Crippen molar-refractivity contribution in [3.63, 3.8) is 0 Å². The lowest BCUT2D eigenvalue weighted by atomic mass is 9.99. The van der Waals surface area contributed by atoms with E-state index in [0.717, 1.165) is 38.8 Å². The van der Waals surface area contributed by atoms with Gasteiger partial charge in [-0.05, 0) is 38.1 Å². The van der Waals surface area contributed by atoms with Crippen molar-refractivity contribution in [2.75, 3.05) is 13.1 Å². The molecule has 1 amide bonds. The lowest BCUT2D eigenvalue weighted by Crippen LogP contribution is -2.46. The van der Waals surface area contributed by atoms with Crippen LogP contribution in [0, 0.1) is 5.92 Å². The molecule has 1 saturated carbocycles. The minimum Gasteiger partial charge on any atom is -0.352 e. The Labute approximate surface area is 97.3 Å². The zero-order valence-electron chi connectivity index (χ0n) is 9.87. The molecule has 1 saturated heterocycles. The first-order chi connectivity index (χ1) is 7.75. The molecule has 0 aromatic carbocycles. The molecule has 16 heavy (non-hydrogen) atoms. The van der Waals surface area contributed by atoms with Crippen molar-refractivity contribution in [1.82, 2.24) is 10.6 Å². The average Bonchev–Trinajstić information content (AvgIpc) is 2.66. The smallest absolute Gasteiger partial charge is 0.220 e. The van der Waals surface area contributed by atoms with Crippen LogP contribution in [0.3, 0.4) is 0 Å². The third-order valence-corrected chi connectivity index (χ3v) is 3.83. The molecule has 1 unspecified atom stereocenters. The van der Waals surface area contributed by atoms with E-state index in [1.807, 2.05) is 0 Å². The highest BCUT2D eigenvalue weighted by Gasteiger charge is 2.26. The Balaban J connectivity index is 1.70. The maximum Gasteiger partial charge on any atom is 0.220 e. The van der Waals surface area contributed by atoms with Crippen LogP contribution in [-0.4, -0.2) is 31.1 Å². The van der Waals surface area contributed by atoms with Crippen LogP contribution in [0.25, 0.3) is 0 Å². The normalized spacial score (nSPS) is 34.9. The van der Waals surface area contributed by atoms with Crippen LogP contribution in [0.1, 0.15) is 38.5 Å². The minimum atomic E-state index is 0.191. The first-order valence-electron chi connectivity index (χ1n) is 6.51. The number of amides is 1. The number of carbonyl (C=O) groups excluding carboxylic acids is 1. The van der Waals surface area contributed by atoms with Crippen LogP contribution in [0.4, 0.5) is 0 Å². The molecule has 4 heteroatoms. The summed E-state index contributed by atoms with van der Waals surface area (Å²) in [6.45, 7) is 2.00. The third kappa shape index (κ3) is 3.19. The molecule has 0 bridgehead atoms. The van der Waals surface area contributed by atoms with Crippen molar-refractivity contribution >= 4 is 5.91 Å². The fourth-order valence-electron chi connectivity index (χ4n) is 2.82. The molecule has 0 aromatic rings. The predicted octanol–water partition coefficient (Wildman–Crippen LogP) is 0.372. The lowest BCUT2D eigenvalue weighted by Gasteiger charge is -2.25. The van der Waals surface area contributed by atoms with E-state index < -0.39 is 0 Å². The Morgan fingerprint density at radius 1 is 1.31 bits per heavy atom. The van der Waals surface area contributed by atoms with E-state index in [0.29, 0.717) is 18.4 Å². The number of hydrogen-bond donors (Lipinski definition) is 3. The molecule has 4 nitrogen and oxygen atoms in total. The van der Waals surface area contributed by atoms with Crippen LogP contribution in [0.5, 0.6) is 0 Å². The summed E-state index contributed by atoms with van der Waals surface area (Å²) in [6, 6.07) is 0.578. The third-order valence-electron chi connectivity index (χ3n) is 3.83. The second-order valence-corrected chi connectivity index (χ2v) is 5.17. The standard InChI is InChI=1S/C12H23N3O/c13-11-5-1-3-9(11)7-12(16)15-10-4-2-6-14-8-10/h9-11,14H,1-8,13H2,(H,15,16)/t9-,10?,11+/m0/s1. The summed E-state index contributed by atoms with van der Waals surface area (Å²) < 4.78 is 0. The average molecular weight is 225 g/mol. The van der Waals surface area contributed by atoms with Gasteiger partial charge in [-0.3, -0.25) is 4.79 Å². The van der Waals surface area contributed by atoms with Crippen molar-refractivity contribution in [2.45, 2.75) is 50.6 Å². The van der Waals surface area contributed by atoms with E-state index in [1.165, 1.54) is 6.42 Å². The fraction of sp³-hybridized carbons (Fsp3) is 0.917. The molecule has 1 aliphatic carbocycles. The number of nitrogens with one attached hydrogen (secondary N) is 2. The Morgan fingerprint density at radius 2 is 2.19 bits per heavy atom. The van der Waals surface area contributed by atoms with Crippen LogP contribution in [0.2, 0.25) is 0 Å². The van der Waals surface area contributed by atoms with Crippen LogP contribution >= 0.6 is 0 Å². The molecule has 0 aromatic heterocycles. The van der Waals surface area contributed by atoms with Gasteiger partial charge in [-0.2, -0.15) is 0 Å². The molecular formula is C12H23N3O. The Bertz CT molecular complexity index is 238. The van der Waals surface area contributed by atoms with Gasteiger partial charge in [0.1, 0.15) is 0 Å². The monoisotopic (exact) mass is 225 g/mol. The van der Waals surface area contributed by atoms with E-state index >= 15 is 0 Å². The Morgan fingerprint density at radius 3 is 2.81 bits per heavy atom. The molecule has 4 N–H and O–H groups in total. The summed E-state index contributed by atoms with van der Waals surface area (Å²) in [6.07, 6.45) is 6.28. The number of rotatable bonds is 3. The maximum absolute atomic E-state index is 11.8. The van der Waals surface area contributed by atoms with Gasteiger partial charge in [0.25, 0.3) is 0 Å². The number of piperidine rings is 1. The van der Waals surface area contributed by atoms with Crippen LogP contribution in [-0.2, 0) is 4.79 Å². The van der Waals surface area contributed by atoms with Gasteiger partial charge in [-0.1, -0.05) is 6.42 Å². The second-order valence-electron chi connectivity index (χ2n) is 5.17. The van der Waals surface area contributed by atoms with E-state index in [2.05, 4.69) is 10.6 Å². The predicted molar refractivity (Wildman–Crippen MR) is 64.0 cm³/mol. The summed E-state index contributed by atoms with van der Waals surface area (Å²) in [4.78, 5) is 11.8. The highest BCUT2D eigenvalue weighted by atomic mass is 16.1. The number of nitrogens with two attached hydrogens (primary N) is 1. The van der Waals surface area contributed by atoms with Crippen molar-refractivity contribution in [3.8, 4) is 0 Å². The van der Waals surface area contributed by atoms with Gasteiger partial charge in [0.15, 0.2) is 0 Å². The zero-order valence-corrected chi connectivity index (χ0v) is 9.87. The van der Waals surface area contributed by atoms with E-state index in [4.69, 9.17) is 5.73 Å². The number of hydrogen-bond acceptors (Lipinski definition) is 3. The summed E-state index contributed by atoms with van der Waals surface area (Å²) in [5.74, 6) is 0.604. The largest absolute Gasteiger partial charge is 0.352 e. The van der Waals surface area contributed by atoms with Crippen LogP contribution in [0.15, 0.2) is 0 Å². The van der Waals surface area contributed by atoms with Gasteiger partial charge >= 0.3 is 0 Å². The van der Waals surface area contributed by atoms with Crippen molar-refractivity contribution < 1.29 is 4.79 Å². The molecule has 1 aliphatic heterocycles. The molecular weight excluding hydrogens is 202 g/mol. The highest BCUT2D eigenvalue weighted by molar-refractivity contribution is 5.76. The van der Waals surface area contributed by atoms with Gasteiger partial charge in [0.05, 0.1) is 0 Å². The molecule has 3 atom stereocenters. The summed E-state index contributed by atoms with van der Waals surface area (Å²) in [5, 5.41) is 6.41. The molecule has 92 valence electrons. The SMILES string of the molecule is N[C@@H]1CCC[C@H]1CC(=O)NC1CCCNC1. The summed E-state index contributed by atoms with van der Waals surface area (Å²) >= 11 is 0. The zero-order chi connectivity index (χ0) is 11.4. The van der Waals surface area contributed by atoms with E-state index in [1.54, 1.807) is 0 Å². The van der Waals surface area contributed by atoms with Gasteiger partial charge < -0.3 is 16.4 Å². The van der Waals surface area contributed by atoms with Gasteiger partial charge in [-0.25, -0.2) is 0 Å². The second kappa shape index (κ2) is 5.64. The highest BCUT2D eigenvalue weighted by Crippen LogP contribution is 2.26. The van der Waals surface area contributed by atoms with Crippen molar-refractivity contribution in [3.05, 3.63) is 0 Å². The van der Waals surface area contributed by atoms with Crippen LogP contribution < -0.4 is 16.4 Å². The van der Waals surface area contributed by atoms with E-state index in [9.17, 15) is 4.79 Å². The molecule has 0 radical (unpaired) electrons. The molecule has 2 rings (SSSR count). The summed E-state index contributed by atoms with van der Waals surface area (Å²) in [7, 11) is 0. The topological polar surface area (TPSA) is 67.2 Å². The number of carbonyl (C=O) groups is 1. The molecule has 1 heterocycles. The van der Waals surface area contributed by atoms with Gasteiger partial charge in [0, 0.05) is 25.0 Å². The minimum absolute atomic E-state index is 0.191. The first-order valence-corrected chi connectivity index (χ1v) is 6.51. The van der Waals surface area contributed by atoms with Crippen molar-refractivity contribution in [1.29, 1.82) is 0 Å². The van der Waals surface area contributed by atoms with Gasteiger partial charge in [0.2, 0.25) is 5.91 Å². The first kappa shape index (κ1) is 11.9. The fourth-order valence-corrected chi connectivity index (χ4v) is 2.82. The maximum atomic E-state index is 11.8. The lowest BCUT2D eigenvalue weighted by molar-refractivity contribution is -0.122. The Hall–Kier alpha value is -0.610.